The summed E-state index contributed by atoms with van der Waals surface area (Å²) in [5.74, 6) is 0. The maximum absolute atomic E-state index is 10.3. The summed E-state index contributed by atoms with van der Waals surface area (Å²) in [6.45, 7) is 1.94. The first-order chi connectivity index (χ1) is 6.15. The Morgan fingerprint density at radius 3 is 2.77 bits per heavy atom. The molecule has 1 aromatic heterocycles. The average molecular weight is 181 g/mol. The number of nitrogens with zero attached hydrogens (tertiary/aromatic N) is 2. The average Bonchev–Trinajstić information content (AvgIpc) is 2.17. The second-order valence-corrected chi connectivity index (χ2v) is 2.71. The van der Waals surface area contributed by atoms with Gasteiger partial charge in [-0.2, -0.15) is 0 Å². The van der Waals surface area contributed by atoms with Crippen LogP contribution in [0.3, 0.4) is 0 Å². The topological polar surface area (TPSA) is 82.0 Å². The first-order valence-electron chi connectivity index (χ1n) is 4.01. The van der Waals surface area contributed by atoms with Gasteiger partial charge in [-0.05, 0) is 12.5 Å². The second kappa shape index (κ2) is 3.95. The first kappa shape index (κ1) is 9.60. The van der Waals surface area contributed by atoms with Gasteiger partial charge in [0.25, 0.3) is 5.69 Å². The Hall–Kier alpha value is -1.49. The Balaban J connectivity index is 2.87. The molecule has 5 heteroatoms. The van der Waals surface area contributed by atoms with Crippen LogP contribution >= 0.6 is 0 Å². The van der Waals surface area contributed by atoms with Crippen molar-refractivity contribution in [3.05, 3.63) is 34.1 Å². The molecular weight excluding hydrogens is 170 g/mol. The normalized spacial score (nSPS) is 12.5. The molecule has 13 heavy (non-hydrogen) atoms. The Morgan fingerprint density at radius 1 is 1.69 bits per heavy atom. The molecule has 0 saturated heterocycles. The van der Waals surface area contributed by atoms with E-state index in [-0.39, 0.29) is 11.7 Å². The van der Waals surface area contributed by atoms with Crippen LogP contribution in [0.5, 0.6) is 0 Å². The molecule has 0 bridgehead atoms. The van der Waals surface area contributed by atoms with Gasteiger partial charge in [-0.15, -0.1) is 0 Å². The lowest BCUT2D eigenvalue weighted by molar-refractivity contribution is -0.385. The molecule has 2 N–H and O–H groups in total. The maximum atomic E-state index is 10.3. The SMILES string of the molecule is CCC(N)c1ccc([N+](=O)[O-])cn1. The van der Waals surface area contributed by atoms with Gasteiger partial charge in [0, 0.05) is 12.1 Å². The number of pyridine rings is 1. The number of nitro groups is 1. The van der Waals surface area contributed by atoms with Gasteiger partial charge in [0.15, 0.2) is 0 Å². The molecule has 0 saturated carbocycles. The summed E-state index contributed by atoms with van der Waals surface area (Å²) in [5.41, 5.74) is 6.37. The molecule has 0 fully saturated rings. The van der Waals surface area contributed by atoms with Gasteiger partial charge in [-0.25, -0.2) is 0 Å². The van der Waals surface area contributed by atoms with Crippen molar-refractivity contribution >= 4 is 5.69 Å². The summed E-state index contributed by atoms with van der Waals surface area (Å²) in [4.78, 5) is 13.7. The van der Waals surface area contributed by atoms with E-state index in [1.165, 1.54) is 12.3 Å². The molecule has 1 heterocycles. The predicted molar refractivity (Wildman–Crippen MR) is 48.1 cm³/mol. The minimum absolute atomic E-state index is 0.00736. The van der Waals surface area contributed by atoms with E-state index < -0.39 is 4.92 Å². The van der Waals surface area contributed by atoms with E-state index in [4.69, 9.17) is 5.73 Å². The highest BCUT2D eigenvalue weighted by Crippen LogP contribution is 2.14. The van der Waals surface area contributed by atoms with Crippen LogP contribution in [0.15, 0.2) is 18.3 Å². The quantitative estimate of drug-likeness (QED) is 0.564. The highest BCUT2D eigenvalue weighted by atomic mass is 16.6. The Morgan fingerprint density at radius 2 is 2.38 bits per heavy atom. The highest BCUT2D eigenvalue weighted by molar-refractivity contribution is 5.27. The van der Waals surface area contributed by atoms with Crippen LogP contribution in [0.1, 0.15) is 25.1 Å². The third-order valence-corrected chi connectivity index (χ3v) is 1.80. The van der Waals surface area contributed by atoms with Gasteiger partial charge < -0.3 is 5.73 Å². The molecule has 0 aliphatic rings. The molecule has 0 spiro atoms. The molecule has 70 valence electrons. The van der Waals surface area contributed by atoms with Gasteiger partial charge in [0.2, 0.25) is 0 Å². The summed E-state index contributed by atoms with van der Waals surface area (Å²) in [6, 6.07) is 2.87. The van der Waals surface area contributed by atoms with Crippen LogP contribution in [0.2, 0.25) is 0 Å². The van der Waals surface area contributed by atoms with Gasteiger partial charge in [0.05, 0.1) is 10.6 Å². The molecule has 1 unspecified atom stereocenters. The maximum Gasteiger partial charge on any atom is 0.287 e. The molecular formula is C8H11N3O2. The molecule has 0 aliphatic carbocycles. The molecule has 1 atom stereocenters. The highest BCUT2D eigenvalue weighted by Gasteiger charge is 2.08. The third kappa shape index (κ3) is 2.22. The van der Waals surface area contributed by atoms with Gasteiger partial charge in [0.1, 0.15) is 6.20 Å². The molecule has 1 aromatic rings. The fourth-order valence-electron chi connectivity index (χ4n) is 0.934. The van der Waals surface area contributed by atoms with Gasteiger partial charge >= 0.3 is 0 Å². The van der Waals surface area contributed by atoms with Crippen molar-refractivity contribution in [3.63, 3.8) is 0 Å². The van der Waals surface area contributed by atoms with E-state index >= 15 is 0 Å². The monoisotopic (exact) mass is 181 g/mol. The zero-order chi connectivity index (χ0) is 9.84. The van der Waals surface area contributed by atoms with Crippen molar-refractivity contribution in [2.24, 2.45) is 5.73 Å². The lowest BCUT2D eigenvalue weighted by Gasteiger charge is -2.06. The van der Waals surface area contributed by atoms with E-state index in [1.54, 1.807) is 6.07 Å². The Labute approximate surface area is 75.7 Å². The first-order valence-corrected chi connectivity index (χ1v) is 4.01. The predicted octanol–water partition coefficient (Wildman–Crippen LogP) is 1.40. The van der Waals surface area contributed by atoms with Crippen LogP contribution in [0.4, 0.5) is 5.69 Å². The summed E-state index contributed by atoms with van der Waals surface area (Å²) < 4.78 is 0. The van der Waals surface area contributed by atoms with Crippen LogP contribution < -0.4 is 5.73 Å². The summed E-state index contributed by atoms with van der Waals surface area (Å²) >= 11 is 0. The summed E-state index contributed by atoms with van der Waals surface area (Å²) in [6.07, 6.45) is 2.00. The van der Waals surface area contributed by atoms with E-state index in [2.05, 4.69) is 4.98 Å². The molecule has 0 aliphatic heterocycles. The summed E-state index contributed by atoms with van der Waals surface area (Å²) in [7, 11) is 0. The minimum atomic E-state index is -0.478. The van der Waals surface area contributed by atoms with Gasteiger partial charge in [-0.3, -0.25) is 15.1 Å². The van der Waals surface area contributed by atoms with Crippen molar-refractivity contribution in [3.8, 4) is 0 Å². The van der Waals surface area contributed by atoms with E-state index in [0.29, 0.717) is 5.69 Å². The standard InChI is InChI=1S/C8H11N3O2/c1-2-7(9)8-4-3-6(5-10-8)11(12)13/h3-5,7H,2,9H2,1H3. The minimum Gasteiger partial charge on any atom is -0.323 e. The lowest BCUT2D eigenvalue weighted by Crippen LogP contribution is -2.10. The van der Waals surface area contributed by atoms with Crippen LogP contribution in [-0.2, 0) is 0 Å². The zero-order valence-corrected chi connectivity index (χ0v) is 7.30. The largest absolute Gasteiger partial charge is 0.323 e. The smallest absolute Gasteiger partial charge is 0.287 e. The van der Waals surface area contributed by atoms with Crippen LogP contribution in [-0.4, -0.2) is 9.91 Å². The molecule has 0 radical (unpaired) electrons. The van der Waals surface area contributed by atoms with Crippen molar-refractivity contribution in [2.75, 3.05) is 0 Å². The number of rotatable bonds is 3. The lowest BCUT2D eigenvalue weighted by atomic mass is 10.1. The zero-order valence-electron chi connectivity index (χ0n) is 7.30. The van der Waals surface area contributed by atoms with Crippen molar-refractivity contribution in [2.45, 2.75) is 19.4 Å². The molecule has 1 rings (SSSR count). The third-order valence-electron chi connectivity index (χ3n) is 1.80. The number of aromatic nitrogens is 1. The van der Waals surface area contributed by atoms with Crippen LogP contribution in [0.25, 0.3) is 0 Å². The van der Waals surface area contributed by atoms with Crippen molar-refractivity contribution in [1.82, 2.24) is 4.98 Å². The van der Waals surface area contributed by atoms with E-state index in [0.717, 1.165) is 6.42 Å². The second-order valence-electron chi connectivity index (χ2n) is 2.71. The fourth-order valence-corrected chi connectivity index (χ4v) is 0.934. The fraction of sp³-hybridized carbons (Fsp3) is 0.375. The number of hydrogen-bond donors (Lipinski definition) is 1. The number of nitrogens with two attached hydrogens (primary N) is 1. The van der Waals surface area contributed by atoms with Crippen LogP contribution in [0, 0.1) is 10.1 Å². The van der Waals surface area contributed by atoms with Gasteiger partial charge in [-0.1, -0.05) is 6.92 Å². The van der Waals surface area contributed by atoms with E-state index in [9.17, 15) is 10.1 Å². The summed E-state index contributed by atoms with van der Waals surface area (Å²) in [5, 5.41) is 10.3. The Kier molecular flexibility index (Phi) is 2.92. The number of hydrogen-bond acceptors (Lipinski definition) is 4. The molecule has 5 nitrogen and oxygen atoms in total. The van der Waals surface area contributed by atoms with Crippen molar-refractivity contribution in [1.29, 1.82) is 0 Å². The molecule has 0 amide bonds. The molecule has 0 aromatic carbocycles. The van der Waals surface area contributed by atoms with E-state index in [1.807, 2.05) is 6.92 Å². The van der Waals surface area contributed by atoms with Crippen molar-refractivity contribution < 1.29 is 4.92 Å². The Bertz CT molecular complexity index is 297.